The standard InChI is InChI=1S/C11H17N7O/c1-7-6-8(19)18(15-7)11-13-9(16(2)3)12-10(14-11)17(4)5/h6H2,1-5H3. The zero-order valence-electron chi connectivity index (χ0n) is 11.7. The molecule has 102 valence electrons. The Balaban J connectivity index is 2.48. The van der Waals surface area contributed by atoms with E-state index in [4.69, 9.17) is 0 Å². The van der Waals surface area contributed by atoms with Gasteiger partial charge in [-0.25, -0.2) is 0 Å². The molecule has 0 N–H and O–H groups in total. The van der Waals surface area contributed by atoms with Gasteiger partial charge in [-0.2, -0.15) is 25.1 Å². The Morgan fingerprint density at radius 2 is 1.53 bits per heavy atom. The van der Waals surface area contributed by atoms with E-state index in [0.717, 1.165) is 5.71 Å². The molecule has 0 radical (unpaired) electrons. The van der Waals surface area contributed by atoms with Crippen molar-refractivity contribution in [3.8, 4) is 0 Å². The van der Waals surface area contributed by atoms with E-state index in [1.165, 1.54) is 5.01 Å². The molecule has 0 unspecified atom stereocenters. The van der Waals surface area contributed by atoms with Gasteiger partial charge in [-0.05, 0) is 6.92 Å². The molecule has 1 aromatic rings. The quantitative estimate of drug-likeness (QED) is 0.770. The van der Waals surface area contributed by atoms with Gasteiger partial charge in [0.25, 0.3) is 11.9 Å². The lowest BCUT2D eigenvalue weighted by Crippen LogP contribution is -2.26. The molecule has 0 fully saturated rings. The Labute approximate surface area is 111 Å². The highest BCUT2D eigenvalue weighted by Crippen LogP contribution is 2.20. The maximum atomic E-state index is 11.8. The van der Waals surface area contributed by atoms with Crippen LogP contribution in [0, 0.1) is 0 Å². The SMILES string of the molecule is CC1=NN(c2nc(N(C)C)nc(N(C)C)n2)C(=O)C1. The molecule has 0 saturated carbocycles. The van der Waals surface area contributed by atoms with Crippen molar-refractivity contribution in [1.29, 1.82) is 0 Å². The molecule has 19 heavy (non-hydrogen) atoms. The van der Waals surface area contributed by atoms with Crippen LogP contribution in [0.1, 0.15) is 13.3 Å². The number of aromatic nitrogens is 3. The molecule has 8 nitrogen and oxygen atoms in total. The minimum absolute atomic E-state index is 0.127. The van der Waals surface area contributed by atoms with Crippen molar-refractivity contribution >= 4 is 29.5 Å². The van der Waals surface area contributed by atoms with E-state index in [-0.39, 0.29) is 11.9 Å². The number of carbonyl (C=O) groups is 1. The van der Waals surface area contributed by atoms with Crippen LogP contribution in [0.15, 0.2) is 5.10 Å². The van der Waals surface area contributed by atoms with E-state index < -0.39 is 0 Å². The largest absolute Gasteiger partial charge is 0.347 e. The predicted molar refractivity (Wildman–Crippen MR) is 73.7 cm³/mol. The highest BCUT2D eigenvalue weighted by atomic mass is 16.2. The van der Waals surface area contributed by atoms with E-state index in [1.807, 2.05) is 28.2 Å². The van der Waals surface area contributed by atoms with Gasteiger partial charge in [-0.15, -0.1) is 0 Å². The summed E-state index contributed by atoms with van der Waals surface area (Å²) >= 11 is 0. The first kappa shape index (κ1) is 13.2. The molecular weight excluding hydrogens is 246 g/mol. The van der Waals surface area contributed by atoms with Crippen LogP contribution in [0.3, 0.4) is 0 Å². The van der Waals surface area contributed by atoms with Crippen LogP contribution in [-0.4, -0.2) is 54.8 Å². The van der Waals surface area contributed by atoms with Gasteiger partial charge >= 0.3 is 0 Å². The molecule has 1 aliphatic rings. The molecule has 0 bridgehead atoms. The lowest BCUT2D eigenvalue weighted by molar-refractivity contribution is -0.117. The Kier molecular flexibility index (Phi) is 3.32. The fourth-order valence-corrected chi connectivity index (χ4v) is 1.55. The molecule has 8 heteroatoms. The summed E-state index contributed by atoms with van der Waals surface area (Å²) in [6.45, 7) is 1.80. The third-order valence-electron chi connectivity index (χ3n) is 2.50. The monoisotopic (exact) mass is 263 g/mol. The molecule has 0 atom stereocenters. The van der Waals surface area contributed by atoms with Gasteiger partial charge in [0.15, 0.2) is 0 Å². The molecular formula is C11H17N7O. The van der Waals surface area contributed by atoms with Gasteiger partial charge in [0.05, 0.1) is 6.42 Å². The van der Waals surface area contributed by atoms with Crippen molar-refractivity contribution in [2.24, 2.45) is 5.10 Å². The zero-order valence-corrected chi connectivity index (χ0v) is 11.7. The number of hydrazone groups is 1. The minimum atomic E-state index is -0.127. The Hall–Kier alpha value is -2.25. The number of nitrogens with zero attached hydrogens (tertiary/aromatic N) is 7. The third kappa shape index (κ3) is 2.61. The fraction of sp³-hybridized carbons (Fsp3) is 0.545. The zero-order chi connectivity index (χ0) is 14.2. The minimum Gasteiger partial charge on any atom is -0.347 e. The van der Waals surface area contributed by atoms with Gasteiger partial charge in [-0.1, -0.05) is 0 Å². The smallest absolute Gasteiger partial charge is 0.260 e. The molecule has 0 saturated heterocycles. The molecule has 0 spiro atoms. The Morgan fingerprint density at radius 3 is 1.89 bits per heavy atom. The van der Waals surface area contributed by atoms with Crippen LogP contribution in [-0.2, 0) is 4.79 Å². The summed E-state index contributed by atoms with van der Waals surface area (Å²) in [6.07, 6.45) is 0.306. The number of rotatable bonds is 3. The van der Waals surface area contributed by atoms with Gasteiger partial charge in [0.2, 0.25) is 11.9 Å². The number of carbonyl (C=O) groups excluding carboxylic acids is 1. The van der Waals surface area contributed by atoms with Gasteiger partial charge < -0.3 is 9.80 Å². The molecule has 1 aliphatic heterocycles. The molecule has 1 amide bonds. The van der Waals surface area contributed by atoms with Crippen LogP contribution >= 0.6 is 0 Å². The number of hydrogen-bond acceptors (Lipinski definition) is 7. The predicted octanol–water partition coefficient (Wildman–Crippen LogP) is 0.116. The van der Waals surface area contributed by atoms with Crippen LogP contribution in [0.25, 0.3) is 0 Å². The van der Waals surface area contributed by atoms with Crippen molar-refractivity contribution in [3.63, 3.8) is 0 Å². The number of anilines is 3. The first-order valence-corrected chi connectivity index (χ1v) is 5.86. The molecule has 2 heterocycles. The molecule has 1 aromatic heterocycles. The maximum Gasteiger partial charge on any atom is 0.260 e. The summed E-state index contributed by atoms with van der Waals surface area (Å²) < 4.78 is 0. The van der Waals surface area contributed by atoms with Gasteiger partial charge in [0, 0.05) is 33.9 Å². The van der Waals surface area contributed by atoms with E-state index in [0.29, 0.717) is 18.3 Å². The summed E-state index contributed by atoms with van der Waals surface area (Å²) in [6, 6.07) is 0. The van der Waals surface area contributed by atoms with E-state index in [2.05, 4.69) is 20.1 Å². The second-order valence-electron chi connectivity index (χ2n) is 4.74. The van der Waals surface area contributed by atoms with Crippen LogP contribution in [0.2, 0.25) is 0 Å². The third-order valence-corrected chi connectivity index (χ3v) is 2.50. The van der Waals surface area contributed by atoms with Crippen molar-refractivity contribution in [1.82, 2.24) is 15.0 Å². The van der Waals surface area contributed by atoms with Crippen LogP contribution < -0.4 is 14.8 Å². The Morgan fingerprint density at radius 1 is 1.00 bits per heavy atom. The first-order chi connectivity index (χ1) is 8.88. The highest BCUT2D eigenvalue weighted by molar-refractivity contribution is 6.11. The average Bonchev–Trinajstić information content (AvgIpc) is 2.67. The topological polar surface area (TPSA) is 77.8 Å². The number of amides is 1. The summed E-state index contributed by atoms with van der Waals surface area (Å²) in [5, 5.41) is 5.38. The van der Waals surface area contributed by atoms with Crippen molar-refractivity contribution in [2.75, 3.05) is 43.0 Å². The summed E-state index contributed by atoms with van der Waals surface area (Å²) in [5.74, 6) is 1.10. The number of hydrogen-bond donors (Lipinski definition) is 0. The van der Waals surface area contributed by atoms with E-state index in [9.17, 15) is 4.79 Å². The molecule has 2 rings (SSSR count). The summed E-state index contributed by atoms with van der Waals surface area (Å²) in [4.78, 5) is 28.2. The van der Waals surface area contributed by atoms with Crippen LogP contribution in [0.4, 0.5) is 17.8 Å². The fourth-order valence-electron chi connectivity index (χ4n) is 1.55. The van der Waals surface area contributed by atoms with Crippen LogP contribution in [0.5, 0.6) is 0 Å². The molecule has 0 aromatic carbocycles. The summed E-state index contributed by atoms with van der Waals surface area (Å²) in [5.41, 5.74) is 0.753. The van der Waals surface area contributed by atoms with E-state index in [1.54, 1.807) is 16.7 Å². The first-order valence-electron chi connectivity index (χ1n) is 5.86. The lowest BCUT2D eigenvalue weighted by Gasteiger charge is -2.18. The second-order valence-corrected chi connectivity index (χ2v) is 4.74. The van der Waals surface area contributed by atoms with Crippen molar-refractivity contribution < 1.29 is 4.79 Å². The summed E-state index contributed by atoms with van der Waals surface area (Å²) in [7, 11) is 7.33. The van der Waals surface area contributed by atoms with Gasteiger partial charge in [0.1, 0.15) is 0 Å². The van der Waals surface area contributed by atoms with Crippen molar-refractivity contribution in [2.45, 2.75) is 13.3 Å². The van der Waals surface area contributed by atoms with E-state index >= 15 is 0 Å². The van der Waals surface area contributed by atoms with Crippen molar-refractivity contribution in [3.05, 3.63) is 0 Å². The Bertz CT molecular complexity index is 512. The van der Waals surface area contributed by atoms with Gasteiger partial charge in [-0.3, -0.25) is 4.79 Å². The normalized spacial score (nSPS) is 14.7. The highest BCUT2D eigenvalue weighted by Gasteiger charge is 2.26. The maximum absolute atomic E-state index is 11.8. The second kappa shape index (κ2) is 4.79. The lowest BCUT2D eigenvalue weighted by atomic mass is 10.3. The molecule has 0 aliphatic carbocycles. The average molecular weight is 263 g/mol.